The number of carboxylic acids is 5. The molecule has 0 N–H and O–H groups in total. The Morgan fingerprint density at radius 2 is 0.475 bits per heavy atom. The topological polar surface area (TPSA) is 219 Å². The molecule has 17 heteroatoms. The van der Waals surface area contributed by atoms with E-state index in [0.717, 1.165) is 129 Å². The van der Waals surface area contributed by atoms with Crippen molar-refractivity contribution in [2.24, 2.45) is 47.3 Å². The standard InChI is InChI=1S/C39H42O2S.C23H22O2S.C21H18O4S.C21H18O2S.C20H16O2S/c40-39(41)33-5-1-2-10-38(33)42(27-15-11-23(12-16-27)34-19-25-21-36(34)31-8-3-6-29(25)31)28-17-13-24(14-18-28)35-20-26-22-37(35)32-9-4-7-30(26)32;1-15-9-16(2)12-19(11-15)26(20-13-17(3)10-18(4)14-20)22-8-6-5-7-21(22)23(24)25;1-24-15-7-11-17(12-8-15)26(18-13-9-16(25-2)10-14-18)20-6-4-3-5-19(20)21(22)23;1-15-8-11-18(12-9-15)24(17-6-4-3-5-7-17)20-13-10-16(2)14-19(20)21(22)23;1-15-12-13-19(18(14-15)20(21)22)23(16-8-4-2-5-9-16)17-10-6-3-7-11-17/h1-2,5,10-18,25-26,29-32,34-37H,3-4,6-9,19-22H2;5-14H,1-4H3;3-14H,1-2H3;3-14H,1-2H3;2-14H,1H3. The van der Waals surface area contributed by atoms with Gasteiger partial charge in [0.05, 0.1) is 126 Å². The van der Waals surface area contributed by atoms with Gasteiger partial charge in [-0.3, -0.25) is 0 Å². The van der Waals surface area contributed by atoms with E-state index >= 15 is 0 Å². The molecule has 12 nitrogen and oxygen atoms in total. The molecule has 0 saturated heterocycles. The number of hydrogen-bond acceptors (Lipinski definition) is 12. The smallest absolute Gasteiger partial charge is 0.175 e. The molecule has 6 saturated carbocycles. The fourth-order valence-electron chi connectivity index (χ4n) is 22.8. The first-order chi connectivity index (χ1) is 68.3. The number of carbonyl (C=O) groups is 5. The number of aromatic carboxylic acids is 5. The van der Waals surface area contributed by atoms with Crippen molar-refractivity contribution in [1.29, 1.82) is 0 Å². The molecule has 0 spiro atoms. The van der Waals surface area contributed by atoms with Crippen LogP contribution in [-0.2, 0) is 54.5 Å². The number of rotatable bonds is 24. The molecule has 11 unspecified atom stereocenters. The summed E-state index contributed by atoms with van der Waals surface area (Å²) in [5.41, 5.74) is 12.0. The van der Waals surface area contributed by atoms with E-state index in [4.69, 9.17) is 9.47 Å². The van der Waals surface area contributed by atoms with Crippen molar-refractivity contribution < 1.29 is 59.0 Å². The van der Waals surface area contributed by atoms with Crippen LogP contribution >= 0.6 is 0 Å². The van der Waals surface area contributed by atoms with Crippen molar-refractivity contribution in [2.75, 3.05) is 14.2 Å². The van der Waals surface area contributed by atoms with Gasteiger partial charge in [-0.15, -0.1) is 0 Å². The maximum absolute atomic E-state index is 12.3. The highest BCUT2D eigenvalue weighted by atomic mass is 32.2. The Kier molecular flexibility index (Phi) is 32.0. The van der Waals surface area contributed by atoms with Crippen LogP contribution < -0.4 is 35.0 Å². The molecule has 0 aromatic heterocycles. The second-order valence-corrected chi connectivity index (χ2v) is 47.8. The SMILES string of the molecule is COc1ccc([S+](c2ccc(OC)cc2)c2ccccc2C(=O)[O-])cc1.Cc1cc(C)cc([S+](c2cc(C)cc(C)c2)c2ccccc2C(=O)[O-])c1.Cc1ccc([S+](c2ccccc2)c2ccc(C)cc2C(=O)[O-])cc1.Cc1ccc([S+](c2ccccc2)c2ccccc2)c(C(=O)[O-])c1.O=C([O-])c1ccccc1[S+](c1ccc(C2CC3CC2C2CCCC32)cc1)c1ccc(C2CC3CC2C2CCCC32)cc1. The fraction of sp³-hybridized carbons (Fsp3) is 0.234. The van der Waals surface area contributed by atoms with Gasteiger partial charge in [0, 0.05) is 0 Å². The second-order valence-electron chi connectivity index (χ2n) is 37.9. The van der Waals surface area contributed by atoms with Gasteiger partial charge in [0.1, 0.15) is 11.5 Å². The van der Waals surface area contributed by atoms with Crippen LogP contribution in [-0.4, -0.2) is 44.1 Å². The highest BCUT2D eigenvalue weighted by Gasteiger charge is 2.56. The first-order valence-corrected chi connectivity index (χ1v) is 54.6. The molecule has 15 aromatic carbocycles. The molecule has 21 rings (SSSR count). The summed E-state index contributed by atoms with van der Waals surface area (Å²) in [6, 6.07) is 118. The fourth-order valence-corrected chi connectivity index (χ4v) is 34.2. The zero-order valence-electron chi connectivity index (χ0n) is 80.8. The third-order valence-corrected chi connectivity index (χ3v) is 40.1. The predicted molar refractivity (Wildman–Crippen MR) is 555 cm³/mol. The number of carbonyl (C=O) groups excluding carboxylic acids is 5. The average Bonchev–Trinajstić information content (AvgIpc) is 1.58. The molecule has 6 fully saturated rings. The van der Waals surface area contributed by atoms with Crippen molar-refractivity contribution >= 4 is 84.3 Å². The molecular weight excluding hydrogens is 1840 g/mol. The van der Waals surface area contributed by atoms with E-state index in [0.29, 0.717) is 22.3 Å². The Labute approximate surface area is 843 Å². The average molecular weight is 1960 g/mol. The molecule has 0 radical (unpaired) electrons. The monoisotopic (exact) mass is 1960 g/mol. The van der Waals surface area contributed by atoms with Crippen molar-refractivity contribution in [3.63, 3.8) is 0 Å². The Bertz CT molecular complexity index is 6680. The quantitative estimate of drug-likeness (QED) is 0.0516. The first kappa shape index (κ1) is 99.6. The van der Waals surface area contributed by atoms with Gasteiger partial charge in [-0.1, -0.05) is 181 Å². The van der Waals surface area contributed by atoms with E-state index in [1.165, 1.54) is 113 Å². The summed E-state index contributed by atoms with van der Waals surface area (Å²) < 4.78 is 10.5. The Balaban J connectivity index is 0.000000124. The normalized spacial score (nSPS) is 19.1. The van der Waals surface area contributed by atoms with E-state index in [1.54, 1.807) is 56.7 Å². The van der Waals surface area contributed by atoms with Gasteiger partial charge < -0.3 is 59.0 Å². The molecule has 6 aliphatic carbocycles. The second kappa shape index (κ2) is 45.3. The highest BCUT2D eigenvalue weighted by Crippen LogP contribution is 2.65. The molecule has 141 heavy (non-hydrogen) atoms. The van der Waals surface area contributed by atoms with Gasteiger partial charge in [0.15, 0.2) is 73.4 Å². The van der Waals surface area contributed by atoms with E-state index < -0.39 is 84.3 Å². The number of aryl methyl sites for hydroxylation is 7. The number of hydrogen-bond donors (Lipinski definition) is 0. The molecule has 0 heterocycles. The number of fused-ring (bicyclic) bond motifs is 10. The third kappa shape index (κ3) is 22.6. The minimum Gasteiger partial charge on any atom is -0.545 e. The Morgan fingerprint density at radius 3 is 0.773 bits per heavy atom. The van der Waals surface area contributed by atoms with E-state index in [9.17, 15) is 49.5 Å². The maximum Gasteiger partial charge on any atom is 0.175 e. The maximum atomic E-state index is 12.3. The molecule has 11 atom stereocenters. The highest BCUT2D eigenvalue weighted by molar-refractivity contribution is 7.98. The lowest BCUT2D eigenvalue weighted by molar-refractivity contribution is -0.256. The number of methoxy groups -OCH3 is 2. The largest absolute Gasteiger partial charge is 0.545 e. The van der Waals surface area contributed by atoms with Crippen LogP contribution in [0, 0.1) is 95.8 Å². The van der Waals surface area contributed by atoms with Crippen LogP contribution in [0.5, 0.6) is 11.5 Å². The molecule has 6 aliphatic rings. The summed E-state index contributed by atoms with van der Waals surface area (Å²) in [4.78, 5) is 73.9. The zero-order chi connectivity index (χ0) is 98.6. The predicted octanol–water partition coefficient (Wildman–Crippen LogP) is 23.0. The number of benzene rings is 15. The van der Waals surface area contributed by atoms with Gasteiger partial charge in [-0.05, 0) is 399 Å². The summed E-state index contributed by atoms with van der Waals surface area (Å²) in [6.45, 7) is 14.1. The lowest BCUT2D eigenvalue weighted by atomic mass is 9.73. The summed E-state index contributed by atoms with van der Waals surface area (Å²) >= 11 is 0. The molecule has 4 bridgehead atoms. The lowest BCUT2D eigenvalue weighted by Gasteiger charge is -2.32. The van der Waals surface area contributed by atoms with Crippen molar-refractivity contribution in [3.05, 3.63) is 436 Å². The molecular formula is C124H116O12S5. The summed E-state index contributed by atoms with van der Waals surface area (Å²) in [5, 5.41) is 59.0. The summed E-state index contributed by atoms with van der Waals surface area (Å²) in [6.07, 6.45) is 14.4. The van der Waals surface area contributed by atoms with Gasteiger partial charge in [0.2, 0.25) is 0 Å². The number of ether oxygens (including phenoxy) is 2. The summed E-state index contributed by atoms with van der Waals surface area (Å²) in [5.74, 6) is 4.87. The van der Waals surface area contributed by atoms with E-state index in [2.05, 4.69) is 137 Å². The van der Waals surface area contributed by atoms with Gasteiger partial charge in [0.25, 0.3) is 0 Å². The molecule has 0 aliphatic heterocycles. The van der Waals surface area contributed by atoms with Crippen molar-refractivity contribution in [3.8, 4) is 11.5 Å². The first-order valence-electron chi connectivity index (χ1n) is 48.5. The molecule has 15 aromatic rings. The van der Waals surface area contributed by atoms with Gasteiger partial charge >= 0.3 is 0 Å². The third-order valence-electron chi connectivity index (χ3n) is 28.7. The van der Waals surface area contributed by atoms with Crippen LogP contribution in [0.25, 0.3) is 0 Å². The van der Waals surface area contributed by atoms with Crippen molar-refractivity contribution in [1.82, 2.24) is 0 Å². The molecule has 0 amide bonds. The zero-order valence-corrected chi connectivity index (χ0v) is 84.9. The van der Waals surface area contributed by atoms with Gasteiger partial charge in [-0.25, -0.2) is 0 Å². The molecule has 714 valence electrons. The van der Waals surface area contributed by atoms with Crippen LogP contribution in [0.15, 0.2) is 431 Å². The van der Waals surface area contributed by atoms with E-state index in [-0.39, 0.29) is 22.3 Å². The minimum absolute atomic E-state index is 0.197. The summed E-state index contributed by atoms with van der Waals surface area (Å²) in [7, 11) is 0.662. The van der Waals surface area contributed by atoms with E-state index in [1.807, 2.05) is 227 Å². The van der Waals surface area contributed by atoms with Crippen LogP contribution in [0.3, 0.4) is 0 Å². The Hall–Kier alpha value is -13.0. The van der Waals surface area contributed by atoms with Crippen LogP contribution in [0.4, 0.5) is 0 Å². The van der Waals surface area contributed by atoms with Crippen LogP contribution in [0.1, 0.15) is 178 Å². The lowest BCUT2D eigenvalue weighted by Crippen LogP contribution is -2.25. The Morgan fingerprint density at radius 1 is 0.227 bits per heavy atom. The number of carboxylic acid groups (broad SMARTS) is 5. The van der Waals surface area contributed by atoms with Crippen molar-refractivity contribution in [2.45, 2.75) is 198 Å². The van der Waals surface area contributed by atoms with Crippen LogP contribution in [0.2, 0.25) is 0 Å². The van der Waals surface area contributed by atoms with Gasteiger partial charge in [-0.2, -0.15) is 0 Å². The minimum atomic E-state index is -1.18.